The molecule has 0 radical (unpaired) electrons. The Bertz CT molecular complexity index is 1140. The molecule has 0 bridgehead atoms. The number of carbonyl (C=O) groups is 2. The lowest BCUT2D eigenvalue weighted by molar-refractivity contribution is -0.146. The highest BCUT2D eigenvalue weighted by Crippen LogP contribution is 2.26. The average molecular weight is 467 g/mol. The van der Waals surface area contributed by atoms with Gasteiger partial charge in [0.25, 0.3) is 11.5 Å². The van der Waals surface area contributed by atoms with Gasteiger partial charge in [0.2, 0.25) is 0 Å². The lowest BCUT2D eigenvalue weighted by Crippen LogP contribution is -2.25. The van der Waals surface area contributed by atoms with Gasteiger partial charge in [-0.15, -0.1) is 23.1 Å². The van der Waals surface area contributed by atoms with Crippen molar-refractivity contribution in [2.24, 2.45) is 0 Å². The van der Waals surface area contributed by atoms with Gasteiger partial charge >= 0.3 is 5.97 Å². The van der Waals surface area contributed by atoms with Crippen LogP contribution in [-0.4, -0.2) is 38.7 Å². The molecule has 0 saturated carbocycles. The Kier molecular flexibility index (Phi) is 7.11. The molecule has 0 spiro atoms. The summed E-state index contributed by atoms with van der Waals surface area (Å²) in [4.78, 5) is 49.3. The maximum absolute atomic E-state index is 12.3. The second kappa shape index (κ2) is 9.59. The second-order valence-corrected chi connectivity index (χ2v) is 9.42. The van der Waals surface area contributed by atoms with E-state index in [0.717, 1.165) is 10.4 Å². The number of aromatic nitrogens is 3. The summed E-state index contributed by atoms with van der Waals surface area (Å²) >= 11 is 8.47. The van der Waals surface area contributed by atoms with E-state index in [1.165, 1.54) is 29.3 Å². The van der Waals surface area contributed by atoms with Gasteiger partial charge in [0, 0.05) is 11.1 Å². The molecule has 30 heavy (non-hydrogen) atoms. The number of carbonyl (C=O) groups excluding carboxylic acids is 2. The van der Waals surface area contributed by atoms with Crippen LogP contribution in [0.25, 0.3) is 10.2 Å². The number of anilines is 1. The molecule has 1 atom stereocenters. The van der Waals surface area contributed by atoms with E-state index < -0.39 is 23.7 Å². The van der Waals surface area contributed by atoms with Crippen LogP contribution < -0.4 is 10.9 Å². The number of hydrogen-bond donors (Lipinski definition) is 2. The molecular formula is C19H19ClN4O4S2. The highest BCUT2D eigenvalue weighted by Gasteiger charge is 2.18. The van der Waals surface area contributed by atoms with Gasteiger partial charge in [-0.1, -0.05) is 11.6 Å². The number of fused-ring (bicyclic) bond motifs is 1. The van der Waals surface area contributed by atoms with Crippen LogP contribution in [0.3, 0.4) is 0 Å². The Labute approximate surface area is 185 Å². The van der Waals surface area contributed by atoms with Gasteiger partial charge in [-0.3, -0.25) is 14.4 Å². The fraction of sp³-hybridized carbons (Fsp3) is 0.316. The van der Waals surface area contributed by atoms with Crippen LogP contribution in [0.1, 0.15) is 23.2 Å². The summed E-state index contributed by atoms with van der Waals surface area (Å²) < 4.78 is 5.05. The lowest BCUT2D eigenvalue weighted by atomic mass is 10.2. The molecule has 0 aromatic carbocycles. The van der Waals surface area contributed by atoms with Gasteiger partial charge in [-0.05, 0) is 38.5 Å². The van der Waals surface area contributed by atoms with Crippen molar-refractivity contribution in [2.45, 2.75) is 31.8 Å². The number of nitrogens with one attached hydrogen (secondary N) is 2. The van der Waals surface area contributed by atoms with Gasteiger partial charge in [-0.25, -0.2) is 9.97 Å². The van der Waals surface area contributed by atoms with Crippen molar-refractivity contribution in [3.8, 4) is 0 Å². The Balaban J connectivity index is 1.51. The second-order valence-electron chi connectivity index (χ2n) is 6.45. The van der Waals surface area contributed by atoms with E-state index in [1.807, 2.05) is 13.8 Å². The van der Waals surface area contributed by atoms with Crippen molar-refractivity contribution >= 4 is 62.6 Å². The predicted molar refractivity (Wildman–Crippen MR) is 119 cm³/mol. The minimum absolute atomic E-state index is 0.180. The number of pyridine rings is 1. The highest BCUT2D eigenvalue weighted by molar-refractivity contribution is 7.99. The lowest BCUT2D eigenvalue weighted by Gasteiger charge is -2.11. The molecule has 3 heterocycles. The van der Waals surface area contributed by atoms with Crippen molar-refractivity contribution in [2.75, 3.05) is 11.9 Å². The van der Waals surface area contributed by atoms with E-state index >= 15 is 0 Å². The van der Waals surface area contributed by atoms with E-state index in [1.54, 1.807) is 19.1 Å². The van der Waals surface area contributed by atoms with Gasteiger partial charge in [0.1, 0.15) is 21.7 Å². The molecule has 1 unspecified atom stereocenters. The molecule has 158 valence electrons. The van der Waals surface area contributed by atoms with Crippen LogP contribution in [0.5, 0.6) is 0 Å². The molecule has 8 nitrogen and oxygen atoms in total. The number of thioether (sulfide) groups is 1. The Morgan fingerprint density at radius 1 is 1.37 bits per heavy atom. The molecule has 1 amide bonds. The molecule has 0 aliphatic heterocycles. The summed E-state index contributed by atoms with van der Waals surface area (Å²) in [6, 6.07) is 3.13. The van der Waals surface area contributed by atoms with E-state index in [-0.39, 0.29) is 5.56 Å². The third-order valence-electron chi connectivity index (χ3n) is 4.23. The summed E-state index contributed by atoms with van der Waals surface area (Å²) in [5, 5.41) is 3.03. The smallest absolute Gasteiger partial charge is 0.319 e. The molecule has 3 aromatic heterocycles. The first-order chi connectivity index (χ1) is 14.2. The molecule has 0 saturated heterocycles. The number of thiophene rings is 1. The molecule has 11 heteroatoms. The Morgan fingerprint density at radius 2 is 2.13 bits per heavy atom. The third-order valence-corrected chi connectivity index (χ3v) is 6.69. The van der Waals surface area contributed by atoms with Crippen LogP contribution in [0.4, 0.5) is 5.82 Å². The van der Waals surface area contributed by atoms with Crippen LogP contribution in [-0.2, 0) is 20.1 Å². The van der Waals surface area contributed by atoms with Gasteiger partial charge in [-0.2, -0.15) is 0 Å². The number of amides is 1. The number of rotatable bonds is 7. The van der Waals surface area contributed by atoms with Crippen LogP contribution in [0.2, 0.25) is 5.02 Å². The number of halogens is 1. The average Bonchev–Trinajstić information content (AvgIpc) is 3.00. The highest BCUT2D eigenvalue weighted by atomic mass is 35.5. The van der Waals surface area contributed by atoms with E-state index in [2.05, 4.69) is 20.3 Å². The summed E-state index contributed by atoms with van der Waals surface area (Å²) in [5.74, 6) is 0.0937. The van der Waals surface area contributed by atoms with E-state index in [0.29, 0.717) is 32.6 Å². The molecule has 0 aliphatic rings. The SMILES string of the molecule is Cc1sc2nc(CSC(C)C(=O)OCC(=O)Nc3ccc(Cl)cn3)[nH]c(=O)c2c1C. The van der Waals surface area contributed by atoms with Gasteiger partial charge < -0.3 is 15.0 Å². The van der Waals surface area contributed by atoms with Crippen molar-refractivity contribution in [3.05, 3.63) is 50.0 Å². The summed E-state index contributed by atoms with van der Waals surface area (Å²) in [6.45, 7) is 5.09. The monoisotopic (exact) mass is 466 g/mol. The summed E-state index contributed by atoms with van der Waals surface area (Å²) in [5.41, 5.74) is 0.757. The van der Waals surface area contributed by atoms with Crippen LogP contribution >= 0.6 is 34.7 Å². The molecule has 0 aliphatic carbocycles. The minimum atomic E-state index is -0.542. The van der Waals surface area contributed by atoms with Crippen LogP contribution in [0, 0.1) is 13.8 Å². The summed E-state index contributed by atoms with van der Waals surface area (Å²) in [6.07, 6.45) is 1.40. The molecular weight excluding hydrogens is 448 g/mol. The maximum atomic E-state index is 12.3. The Morgan fingerprint density at radius 3 is 2.83 bits per heavy atom. The van der Waals surface area contributed by atoms with Gasteiger partial charge in [0.05, 0.1) is 16.2 Å². The quantitative estimate of drug-likeness (QED) is 0.512. The Hall–Kier alpha value is -2.43. The number of hydrogen-bond acceptors (Lipinski definition) is 8. The number of nitrogens with zero attached hydrogens (tertiary/aromatic N) is 2. The maximum Gasteiger partial charge on any atom is 0.319 e. The largest absolute Gasteiger partial charge is 0.455 e. The zero-order valence-electron chi connectivity index (χ0n) is 16.4. The van der Waals surface area contributed by atoms with Crippen LogP contribution in [0.15, 0.2) is 23.1 Å². The first kappa shape index (κ1) is 22.3. The topological polar surface area (TPSA) is 114 Å². The molecule has 3 aromatic rings. The first-order valence-corrected chi connectivity index (χ1v) is 11.2. The number of H-pyrrole nitrogens is 1. The van der Waals surface area contributed by atoms with Crippen molar-refractivity contribution in [3.63, 3.8) is 0 Å². The predicted octanol–water partition coefficient (Wildman–Crippen LogP) is 3.45. The van der Waals surface area contributed by atoms with Crippen molar-refractivity contribution < 1.29 is 14.3 Å². The van der Waals surface area contributed by atoms with E-state index in [9.17, 15) is 14.4 Å². The molecule has 2 N–H and O–H groups in total. The number of aryl methyl sites for hydroxylation is 2. The normalized spacial score (nSPS) is 12.0. The number of aromatic amines is 1. The van der Waals surface area contributed by atoms with E-state index in [4.69, 9.17) is 16.3 Å². The standard InChI is InChI=1S/C19H19ClN4O4S2/c1-9-10(2)30-18-16(9)17(26)23-14(24-18)8-29-11(3)19(27)28-7-15(25)22-13-5-4-12(20)6-21-13/h4-6,11H,7-8H2,1-3H3,(H,21,22,25)(H,23,24,26). The molecule has 3 rings (SSSR count). The minimum Gasteiger partial charge on any atom is -0.455 e. The third kappa shape index (κ3) is 5.38. The first-order valence-electron chi connectivity index (χ1n) is 8.93. The van der Waals surface area contributed by atoms with Gasteiger partial charge in [0.15, 0.2) is 6.61 Å². The van der Waals surface area contributed by atoms with Crippen molar-refractivity contribution in [1.29, 1.82) is 0 Å². The zero-order chi connectivity index (χ0) is 21.8. The van der Waals surface area contributed by atoms with Crippen molar-refractivity contribution in [1.82, 2.24) is 15.0 Å². The molecule has 0 fully saturated rings. The fourth-order valence-corrected chi connectivity index (χ4v) is 4.43. The fourth-order valence-electron chi connectivity index (χ4n) is 2.52. The number of ether oxygens (including phenoxy) is 1. The zero-order valence-corrected chi connectivity index (χ0v) is 18.8. The number of esters is 1. The summed E-state index contributed by atoms with van der Waals surface area (Å²) in [7, 11) is 0.